The fraction of sp³-hybridized carbons (Fsp3) is 0.786. The van der Waals surface area contributed by atoms with Crippen molar-refractivity contribution in [3.63, 3.8) is 0 Å². The normalized spacial score (nSPS) is 21.3. The molecule has 0 aromatic rings. The van der Waals surface area contributed by atoms with Crippen molar-refractivity contribution < 1.29 is 9.53 Å². The molecule has 18 heavy (non-hydrogen) atoms. The van der Waals surface area contributed by atoms with E-state index in [1.165, 1.54) is 26.5 Å². The maximum atomic E-state index is 11.4. The molecule has 1 aliphatic heterocycles. The van der Waals surface area contributed by atoms with Crippen LogP contribution < -0.4 is 5.32 Å². The van der Waals surface area contributed by atoms with Gasteiger partial charge in [0, 0.05) is 24.7 Å². The zero-order chi connectivity index (χ0) is 13.4. The van der Waals surface area contributed by atoms with Crippen molar-refractivity contribution in [3.05, 3.63) is 11.6 Å². The first kappa shape index (κ1) is 15.2. The number of likely N-dealkylation sites (N-methyl/N-ethyl adjacent to an activating group) is 1. The number of hydrogen-bond acceptors (Lipinski definition) is 4. The molecule has 0 aliphatic carbocycles. The van der Waals surface area contributed by atoms with Gasteiger partial charge in [-0.1, -0.05) is 19.9 Å². The second kappa shape index (κ2) is 8.27. The van der Waals surface area contributed by atoms with E-state index in [0.29, 0.717) is 6.04 Å². The molecular weight excluding hydrogens is 228 g/mol. The SMILES string of the molecule is CC/C(=C/CNCC1CCCN1CC)C(=O)OC. The van der Waals surface area contributed by atoms with Crippen LogP contribution in [0.1, 0.15) is 33.1 Å². The van der Waals surface area contributed by atoms with Crippen LogP contribution in [0.5, 0.6) is 0 Å². The van der Waals surface area contributed by atoms with Crippen molar-refractivity contribution >= 4 is 5.97 Å². The second-order valence-electron chi connectivity index (χ2n) is 4.66. The summed E-state index contributed by atoms with van der Waals surface area (Å²) in [7, 11) is 1.43. The van der Waals surface area contributed by atoms with Crippen molar-refractivity contribution in [3.8, 4) is 0 Å². The summed E-state index contributed by atoms with van der Waals surface area (Å²) in [6.07, 6.45) is 5.25. The number of ether oxygens (including phenoxy) is 1. The topological polar surface area (TPSA) is 41.6 Å². The molecule has 0 bridgehead atoms. The van der Waals surface area contributed by atoms with E-state index in [0.717, 1.165) is 31.6 Å². The van der Waals surface area contributed by atoms with E-state index in [4.69, 9.17) is 4.74 Å². The predicted molar refractivity (Wildman–Crippen MR) is 73.5 cm³/mol. The largest absolute Gasteiger partial charge is 0.466 e. The molecule has 1 aliphatic rings. The van der Waals surface area contributed by atoms with Gasteiger partial charge in [-0.15, -0.1) is 0 Å². The van der Waals surface area contributed by atoms with Crippen LogP contribution >= 0.6 is 0 Å². The Kier molecular flexibility index (Phi) is 6.98. The first-order chi connectivity index (χ1) is 8.72. The molecule has 0 spiro atoms. The van der Waals surface area contributed by atoms with E-state index in [9.17, 15) is 4.79 Å². The van der Waals surface area contributed by atoms with Crippen LogP contribution in [-0.4, -0.2) is 50.2 Å². The van der Waals surface area contributed by atoms with Gasteiger partial charge in [0.1, 0.15) is 0 Å². The molecule has 4 heteroatoms. The van der Waals surface area contributed by atoms with Gasteiger partial charge in [0.25, 0.3) is 0 Å². The molecule has 1 saturated heterocycles. The zero-order valence-electron chi connectivity index (χ0n) is 11.9. The lowest BCUT2D eigenvalue weighted by atomic mass is 10.2. The van der Waals surface area contributed by atoms with E-state index in [2.05, 4.69) is 17.1 Å². The number of carbonyl (C=O) groups is 1. The first-order valence-corrected chi connectivity index (χ1v) is 6.95. The van der Waals surface area contributed by atoms with E-state index in [1.807, 2.05) is 13.0 Å². The summed E-state index contributed by atoms with van der Waals surface area (Å²) in [5, 5.41) is 3.41. The number of hydrogen-bond donors (Lipinski definition) is 1. The summed E-state index contributed by atoms with van der Waals surface area (Å²) < 4.78 is 4.72. The third kappa shape index (κ3) is 4.42. The average Bonchev–Trinajstić information content (AvgIpc) is 2.85. The van der Waals surface area contributed by atoms with Crippen LogP contribution in [-0.2, 0) is 9.53 Å². The molecule has 0 aromatic heterocycles. The highest BCUT2D eigenvalue weighted by atomic mass is 16.5. The average molecular weight is 254 g/mol. The van der Waals surface area contributed by atoms with Crippen molar-refractivity contribution in [2.75, 3.05) is 33.3 Å². The Morgan fingerprint density at radius 2 is 2.28 bits per heavy atom. The molecule has 0 amide bonds. The van der Waals surface area contributed by atoms with Gasteiger partial charge in [0.2, 0.25) is 0 Å². The van der Waals surface area contributed by atoms with E-state index in [-0.39, 0.29) is 5.97 Å². The highest BCUT2D eigenvalue weighted by Crippen LogP contribution is 2.15. The van der Waals surface area contributed by atoms with Crippen molar-refractivity contribution in [2.24, 2.45) is 0 Å². The third-order valence-electron chi connectivity index (χ3n) is 3.61. The van der Waals surface area contributed by atoms with Gasteiger partial charge in [0.05, 0.1) is 7.11 Å². The summed E-state index contributed by atoms with van der Waals surface area (Å²) in [5.74, 6) is -0.213. The molecule has 0 radical (unpaired) electrons. The Balaban J connectivity index is 2.28. The second-order valence-corrected chi connectivity index (χ2v) is 4.66. The molecular formula is C14H26N2O2. The van der Waals surface area contributed by atoms with Gasteiger partial charge >= 0.3 is 5.97 Å². The van der Waals surface area contributed by atoms with E-state index >= 15 is 0 Å². The minimum Gasteiger partial charge on any atom is -0.466 e. The number of nitrogens with zero attached hydrogens (tertiary/aromatic N) is 1. The lowest BCUT2D eigenvalue weighted by molar-refractivity contribution is -0.136. The van der Waals surface area contributed by atoms with Crippen LogP contribution in [0.25, 0.3) is 0 Å². The Morgan fingerprint density at radius 1 is 1.50 bits per heavy atom. The number of likely N-dealkylation sites (tertiary alicyclic amines) is 1. The fourth-order valence-corrected chi connectivity index (χ4v) is 2.49. The maximum absolute atomic E-state index is 11.4. The Morgan fingerprint density at radius 3 is 2.89 bits per heavy atom. The minimum atomic E-state index is -0.213. The summed E-state index contributed by atoms with van der Waals surface area (Å²) >= 11 is 0. The lowest BCUT2D eigenvalue weighted by Crippen LogP contribution is -2.37. The molecule has 1 rings (SSSR count). The van der Waals surface area contributed by atoms with Gasteiger partial charge < -0.3 is 10.1 Å². The molecule has 1 atom stereocenters. The molecule has 1 heterocycles. The number of methoxy groups -OCH3 is 1. The quantitative estimate of drug-likeness (QED) is 0.425. The molecule has 1 N–H and O–H groups in total. The monoisotopic (exact) mass is 254 g/mol. The lowest BCUT2D eigenvalue weighted by Gasteiger charge is -2.22. The van der Waals surface area contributed by atoms with Gasteiger partial charge in [-0.05, 0) is 32.4 Å². The van der Waals surface area contributed by atoms with E-state index < -0.39 is 0 Å². The van der Waals surface area contributed by atoms with Crippen LogP contribution in [0.2, 0.25) is 0 Å². The van der Waals surface area contributed by atoms with Crippen LogP contribution in [0.3, 0.4) is 0 Å². The first-order valence-electron chi connectivity index (χ1n) is 6.95. The molecule has 4 nitrogen and oxygen atoms in total. The van der Waals surface area contributed by atoms with Gasteiger partial charge in [-0.3, -0.25) is 4.90 Å². The summed E-state index contributed by atoms with van der Waals surface area (Å²) in [6.45, 7) is 8.28. The van der Waals surface area contributed by atoms with Crippen LogP contribution in [0.15, 0.2) is 11.6 Å². The summed E-state index contributed by atoms with van der Waals surface area (Å²) in [4.78, 5) is 13.9. The number of carbonyl (C=O) groups excluding carboxylic acids is 1. The fourth-order valence-electron chi connectivity index (χ4n) is 2.49. The molecule has 0 aromatic carbocycles. The third-order valence-corrected chi connectivity index (χ3v) is 3.61. The van der Waals surface area contributed by atoms with Crippen LogP contribution in [0, 0.1) is 0 Å². The standard InChI is InChI=1S/C14H26N2O2/c1-4-12(14(17)18-3)8-9-15-11-13-7-6-10-16(13)5-2/h8,13,15H,4-7,9-11H2,1-3H3/b12-8-. The highest BCUT2D eigenvalue weighted by Gasteiger charge is 2.21. The predicted octanol–water partition coefficient (Wildman–Crippen LogP) is 1.57. The highest BCUT2D eigenvalue weighted by molar-refractivity contribution is 5.88. The Hall–Kier alpha value is -0.870. The van der Waals surface area contributed by atoms with Gasteiger partial charge in [-0.25, -0.2) is 4.79 Å². The summed E-state index contributed by atoms with van der Waals surface area (Å²) in [6, 6.07) is 0.659. The molecule has 0 saturated carbocycles. The number of esters is 1. The minimum absolute atomic E-state index is 0.213. The van der Waals surface area contributed by atoms with Crippen molar-refractivity contribution in [1.29, 1.82) is 0 Å². The molecule has 1 unspecified atom stereocenters. The van der Waals surface area contributed by atoms with Crippen LogP contribution in [0.4, 0.5) is 0 Å². The number of rotatable bonds is 7. The number of nitrogens with one attached hydrogen (secondary N) is 1. The molecule has 104 valence electrons. The molecule has 1 fully saturated rings. The van der Waals surface area contributed by atoms with Gasteiger partial charge in [0.15, 0.2) is 0 Å². The van der Waals surface area contributed by atoms with Gasteiger partial charge in [-0.2, -0.15) is 0 Å². The zero-order valence-corrected chi connectivity index (χ0v) is 11.9. The Bertz CT molecular complexity index is 290. The Labute approximate surface area is 110 Å². The van der Waals surface area contributed by atoms with Crippen molar-refractivity contribution in [1.82, 2.24) is 10.2 Å². The van der Waals surface area contributed by atoms with E-state index in [1.54, 1.807) is 0 Å². The maximum Gasteiger partial charge on any atom is 0.333 e. The van der Waals surface area contributed by atoms with Crippen molar-refractivity contribution in [2.45, 2.75) is 39.2 Å². The summed E-state index contributed by atoms with van der Waals surface area (Å²) in [5.41, 5.74) is 0.753. The smallest absolute Gasteiger partial charge is 0.333 e.